The van der Waals surface area contributed by atoms with Gasteiger partial charge in [-0.2, -0.15) is 5.10 Å². The standard InChI is InChI=1S/C14H15Br2N3OS/c1-8(2)18-14-19(9(3)7-21-14)17-6-10-4-11(15)5-12(16)13(10)20/h4-8,20H,1-3H3. The van der Waals surface area contributed by atoms with Crippen molar-refractivity contribution in [2.24, 2.45) is 10.1 Å². The van der Waals surface area contributed by atoms with Crippen LogP contribution in [0.2, 0.25) is 0 Å². The van der Waals surface area contributed by atoms with E-state index in [1.165, 1.54) is 0 Å². The average Bonchev–Trinajstić information content (AvgIpc) is 2.72. The van der Waals surface area contributed by atoms with E-state index >= 15 is 0 Å². The highest BCUT2D eigenvalue weighted by Gasteiger charge is 2.06. The fraction of sp³-hybridized carbons (Fsp3) is 0.286. The van der Waals surface area contributed by atoms with Crippen LogP contribution in [0.1, 0.15) is 25.1 Å². The van der Waals surface area contributed by atoms with Crippen molar-refractivity contribution < 1.29 is 5.11 Å². The number of aromatic hydroxyl groups is 1. The van der Waals surface area contributed by atoms with E-state index in [-0.39, 0.29) is 11.8 Å². The molecule has 0 unspecified atom stereocenters. The summed E-state index contributed by atoms with van der Waals surface area (Å²) < 4.78 is 3.27. The van der Waals surface area contributed by atoms with E-state index in [1.54, 1.807) is 28.3 Å². The van der Waals surface area contributed by atoms with Crippen LogP contribution in [0.15, 0.2) is 36.6 Å². The Morgan fingerprint density at radius 3 is 2.71 bits per heavy atom. The molecular weight excluding hydrogens is 418 g/mol. The molecule has 4 nitrogen and oxygen atoms in total. The molecule has 2 rings (SSSR count). The molecule has 1 aromatic heterocycles. The molecule has 0 amide bonds. The smallest absolute Gasteiger partial charge is 0.206 e. The number of phenolic OH excluding ortho intramolecular Hbond substituents is 1. The van der Waals surface area contributed by atoms with E-state index in [0.717, 1.165) is 15.0 Å². The number of nitrogens with zero attached hydrogens (tertiary/aromatic N) is 3. The number of aromatic nitrogens is 1. The van der Waals surface area contributed by atoms with Crippen LogP contribution in [0.5, 0.6) is 5.75 Å². The summed E-state index contributed by atoms with van der Waals surface area (Å²) >= 11 is 8.27. The van der Waals surface area contributed by atoms with E-state index < -0.39 is 0 Å². The molecule has 2 aromatic rings. The van der Waals surface area contributed by atoms with Crippen molar-refractivity contribution >= 4 is 49.4 Å². The van der Waals surface area contributed by atoms with Crippen molar-refractivity contribution in [1.82, 2.24) is 4.68 Å². The van der Waals surface area contributed by atoms with Gasteiger partial charge in [-0.1, -0.05) is 15.9 Å². The van der Waals surface area contributed by atoms with Gasteiger partial charge in [-0.25, -0.2) is 4.68 Å². The first-order valence-electron chi connectivity index (χ1n) is 6.32. The summed E-state index contributed by atoms with van der Waals surface area (Å²) in [5.41, 5.74) is 1.63. The molecule has 0 aliphatic rings. The van der Waals surface area contributed by atoms with Gasteiger partial charge in [-0.3, -0.25) is 4.99 Å². The predicted molar refractivity (Wildman–Crippen MR) is 94.2 cm³/mol. The van der Waals surface area contributed by atoms with Crippen LogP contribution >= 0.6 is 43.2 Å². The van der Waals surface area contributed by atoms with Crippen molar-refractivity contribution in [2.75, 3.05) is 0 Å². The maximum Gasteiger partial charge on any atom is 0.206 e. The number of hydrogen-bond acceptors (Lipinski definition) is 4. The zero-order chi connectivity index (χ0) is 15.6. The summed E-state index contributed by atoms with van der Waals surface area (Å²) in [4.78, 5) is 5.38. The molecule has 1 N–H and O–H groups in total. The van der Waals surface area contributed by atoms with Crippen molar-refractivity contribution in [3.63, 3.8) is 0 Å². The molecule has 1 heterocycles. The van der Waals surface area contributed by atoms with Gasteiger partial charge in [0.05, 0.1) is 16.4 Å². The van der Waals surface area contributed by atoms with E-state index in [4.69, 9.17) is 0 Å². The first-order chi connectivity index (χ1) is 9.88. The Bertz CT molecular complexity index is 747. The number of benzene rings is 1. The normalized spacial score (nSPS) is 12.8. The number of halogens is 2. The molecule has 21 heavy (non-hydrogen) atoms. The maximum atomic E-state index is 10.0. The van der Waals surface area contributed by atoms with Gasteiger partial charge in [0.25, 0.3) is 0 Å². The Morgan fingerprint density at radius 1 is 1.33 bits per heavy atom. The highest BCUT2D eigenvalue weighted by molar-refractivity contribution is 9.11. The summed E-state index contributed by atoms with van der Waals surface area (Å²) in [5.74, 6) is 0.165. The largest absolute Gasteiger partial charge is 0.506 e. The third-order valence-electron chi connectivity index (χ3n) is 2.59. The molecular formula is C14H15Br2N3OS. The van der Waals surface area contributed by atoms with Gasteiger partial charge in [-0.05, 0) is 48.8 Å². The third-order valence-corrected chi connectivity index (χ3v) is 4.60. The Balaban J connectivity index is 2.46. The average molecular weight is 433 g/mol. The minimum absolute atomic E-state index is 0.165. The van der Waals surface area contributed by atoms with Crippen molar-refractivity contribution in [3.05, 3.63) is 42.5 Å². The van der Waals surface area contributed by atoms with Crippen molar-refractivity contribution in [3.8, 4) is 5.75 Å². The lowest BCUT2D eigenvalue weighted by molar-refractivity contribution is 0.471. The SMILES string of the molecule is Cc1csc(=NC(C)C)n1N=Cc1cc(Br)cc(Br)c1O. The summed E-state index contributed by atoms with van der Waals surface area (Å²) in [5, 5.41) is 16.5. The second-order valence-corrected chi connectivity index (χ2v) is 7.37. The van der Waals surface area contributed by atoms with Gasteiger partial charge in [-0.15, -0.1) is 11.3 Å². The molecule has 1 aromatic carbocycles. The van der Waals surface area contributed by atoms with Crippen LogP contribution in [-0.2, 0) is 0 Å². The van der Waals surface area contributed by atoms with E-state index in [0.29, 0.717) is 10.0 Å². The van der Waals surface area contributed by atoms with Crippen LogP contribution in [0.25, 0.3) is 0 Å². The van der Waals surface area contributed by atoms with Gasteiger partial charge >= 0.3 is 0 Å². The number of rotatable bonds is 3. The zero-order valence-electron chi connectivity index (χ0n) is 11.8. The second kappa shape index (κ2) is 6.89. The Hall–Kier alpha value is -0.920. The molecule has 0 spiro atoms. The molecule has 0 fully saturated rings. The van der Waals surface area contributed by atoms with Gasteiger partial charge in [0, 0.05) is 21.5 Å². The highest BCUT2D eigenvalue weighted by atomic mass is 79.9. The quantitative estimate of drug-likeness (QED) is 0.723. The first-order valence-corrected chi connectivity index (χ1v) is 8.78. The fourth-order valence-electron chi connectivity index (χ4n) is 1.64. The van der Waals surface area contributed by atoms with Gasteiger partial charge < -0.3 is 5.11 Å². The topological polar surface area (TPSA) is 49.9 Å². The Morgan fingerprint density at radius 2 is 2.05 bits per heavy atom. The lowest BCUT2D eigenvalue weighted by Crippen LogP contribution is -2.14. The number of thiazole rings is 1. The molecule has 112 valence electrons. The third kappa shape index (κ3) is 4.05. The molecule has 0 radical (unpaired) electrons. The van der Waals surface area contributed by atoms with Crippen LogP contribution in [0, 0.1) is 6.92 Å². The first kappa shape index (κ1) is 16.5. The lowest BCUT2D eigenvalue weighted by atomic mass is 10.2. The van der Waals surface area contributed by atoms with Crippen LogP contribution in [-0.4, -0.2) is 22.0 Å². The minimum atomic E-state index is 0.165. The second-order valence-electron chi connectivity index (χ2n) is 4.76. The Kier molecular flexibility index (Phi) is 5.40. The molecule has 0 aliphatic carbocycles. The lowest BCUT2D eigenvalue weighted by Gasteiger charge is -2.03. The van der Waals surface area contributed by atoms with Gasteiger partial charge in [0.15, 0.2) is 0 Å². The van der Waals surface area contributed by atoms with E-state index in [1.807, 2.05) is 32.2 Å². The number of phenols is 1. The predicted octanol–water partition coefficient (Wildman–Crippen LogP) is 4.28. The summed E-state index contributed by atoms with van der Waals surface area (Å²) in [7, 11) is 0. The van der Waals surface area contributed by atoms with Crippen molar-refractivity contribution in [2.45, 2.75) is 26.8 Å². The molecule has 0 bridgehead atoms. The van der Waals surface area contributed by atoms with Gasteiger partial charge in [0.2, 0.25) is 4.80 Å². The fourth-order valence-corrected chi connectivity index (χ4v) is 3.84. The molecule has 0 atom stereocenters. The number of hydrogen-bond donors (Lipinski definition) is 1. The summed E-state index contributed by atoms with van der Waals surface area (Å²) in [6.45, 7) is 6.03. The van der Waals surface area contributed by atoms with Gasteiger partial charge in [0.1, 0.15) is 5.75 Å². The maximum absolute atomic E-state index is 10.0. The monoisotopic (exact) mass is 431 g/mol. The van der Waals surface area contributed by atoms with Crippen LogP contribution in [0.4, 0.5) is 0 Å². The Labute approximate surface area is 144 Å². The van der Waals surface area contributed by atoms with E-state index in [2.05, 4.69) is 42.0 Å². The molecule has 0 saturated heterocycles. The summed E-state index contributed by atoms with van der Waals surface area (Å²) in [6.07, 6.45) is 1.63. The molecule has 0 saturated carbocycles. The van der Waals surface area contributed by atoms with Crippen molar-refractivity contribution in [1.29, 1.82) is 0 Å². The van der Waals surface area contributed by atoms with E-state index in [9.17, 15) is 5.11 Å². The van der Waals surface area contributed by atoms with Crippen LogP contribution < -0.4 is 4.80 Å². The molecule has 7 heteroatoms. The zero-order valence-corrected chi connectivity index (χ0v) is 15.8. The number of aryl methyl sites for hydroxylation is 1. The minimum Gasteiger partial charge on any atom is -0.506 e. The van der Waals surface area contributed by atoms with Crippen LogP contribution in [0.3, 0.4) is 0 Å². The highest BCUT2D eigenvalue weighted by Crippen LogP contribution is 2.30. The molecule has 0 aliphatic heterocycles. The summed E-state index contributed by atoms with van der Waals surface area (Å²) in [6, 6.07) is 3.80.